The lowest BCUT2D eigenvalue weighted by Crippen LogP contribution is -2.57. The fourth-order valence-electron chi connectivity index (χ4n) is 5.82. The first-order chi connectivity index (χ1) is 14.3. The highest BCUT2D eigenvalue weighted by Crippen LogP contribution is 2.62. The molecule has 6 heteroatoms. The largest absolute Gasteiger partial charge is 0.396 e. The van der Waals surface area contributed by atoms with Crippen LogP contribution in [0.25, 0.3) is 0 Å². The molecule has 5 unspecified atom stereocenters. The minimum absolute atomic E-state index is 0.00894. The Bertz CT molecular complexity index is 914. The van der Waals surface area contributed by atoms with Crippen LogP contribution >= 0.6 is 11.3 Å². The van der Waals surface area contributed by atoms with Crippen LogP contribution in [0, 0.1) is 23.7 Å². The second-order valence-corrected chi connectivity index (χ2v) is 10.8. The third kappa shape index (κ3) is 3.59. The zero-order chi connectivity index (χ0) is 21.5. The molecule has 30 heavy (non-hydrogen) atoms. The molecule has 0 spiro atoms. The van der Waals surface area contributed by atoms with Crippen LogP contribution in [-0.4, -0.2) is 33.8 Å². The monoisotopic (exact) mass is 428 g/mol. The summed E-state index contributed by atoms with van der Waals surface area (Å²) in [5.41, 5.74) is 1.38. The van der Waals surface area contributed by atoms with Crippen LogP contribution < -0.4 is 5.32 Å². The maximum Gasteiger partial charge on any atom is 0.220 e. The third-order valence-electron chi connectivity index (χ3n) is 7.72. The van der Waals surface area contributed by atoms with Gasteiger partial charge in [-0.3, -0.25) is 4.79 Å². The van der Waals surface area contributed by atoms with Crippen molar-refractivity contribution in [1.82, 2.24) is 10.3 Å². The molecule has 162 valence electrons. The maximum atomic E-state index is 13.0. The summed E-state index contributed by atoms with van der Waals surface area (Å²) in [5, 5.41) is 25.1. The highest BCUT2D eigenvalue weighted by atomic mass is 32.1. The number of rotatable bonds is 5. The Labute approximate surface area is 182 Å². The minimum Gasteiger partial charge on any atom is -0.396 e. The maximum absolute atomic E-state index is 13.0. The molecule has 5 atom stereocenters. The van der Waals surface area contributed by atoms with Crippen molar-refractivity contribution in [2.24, 2.45) is 16.7 Å². The van der Waals surface area contributed by atoms with Gasteiger partial charge in [0.05, 0.1) is 23.4 Å². The summed E-state index contributed by atoms with van der Waals surface area (Å²) < 4.78 is 0. The van der Waals surface area contributed by atoms with Gasteiger partial charge in [0.15, 0.2) is 0 Å². The van der Waals surface area contributed by atoms with Gasteiger partial charge in [-0.05, 0) is 43.1 Å². The number of nitrogens with zero attached hydrogens (tertiary/aromatic N) is 1. The average Bonchev–Trinajstić information content (AvgIpc) is 3.12. The van der Waals surface area contributed by atoms with Crippen LogP contribution in [0.2, 0.25) is 0 Å². The van der Waals surface area contributed by atoms with Gasteiger partial charge in [0.1, 0.15) is 0 Å². The molecule has 1 saturated carbocycles. The molecule has 0 saturated heterocycles. The van der Waals surface area contributed by atoms with Gasteiger partial charge in [0.2, 0.25) is 5.91 Å². The van der Waals surface area contributed by atoms with E-state index in [0.717, 1.165) is 29.1 Å². The number of aryl methyl sites for hydroxylation is 1. The molecule has 4 rings (SSSR count). The summed E-state index contributed by atoms with van der Waals surface area (Å²) >= 11 is 1.69. The Morgan fingerprint density at radius 1 is 1.30 bits per heavy atom. The summed E-state index contributed by atoms with van der Waals surface area (Å²) in [7, 11) is 0. The van der Waals surface area contributed by atoms with E-state index in [2.05, 4.69) is 12.2 Å². The lowest BCUT2D eigenvalue weighted by molar-refractivity contribution is -0.144. The van der Waals surface area contributed by atoms with Gasteiger partial charge in [0, 0.05) is 29.2 Å². The van der Waals surface area contributed by atoms with Gasteiger partial charge in [-0.2, -0.15) is 0 Å². The molecule has 2 aliphatic rings. The second kappa shape index (κ2) is 8.06. The summed E-state index contributed by atoms with van der Waals surface area (Å²) in [6.45, 7) is 6.73. The number of amides is 1. The molecule has 1 heterocycles. The molecule has 1 aromatic carbocycles. The van der Waals surface area contributed by atoms with Crippen molar-refractivity contribution in [2.75, 3.05) is 6.61 Å². The number of thiazole rings is 1. The number of benzene rings is 1. The van der Waals surface area contributed by atoms with Gasteiger partial charge in [0.25, 0.3) is 0 Å². The third-order valence-corrected chi connectivity index (χ3v) is 8.73. The van der Waals surface area contributed by atoms with Crippen LogP contribution in [0.5, 0.6) is 0 Å². The molecule has 0 aliphatic heterocycles. The smallest absolute Gasteiger partial charge is 0.220 e. The molecular formula is C24H32N2O3S. The van der Waals surface area contributed by atoms with Crippen LogP contribution in [0.4, 0.5) is 0 Å². The highest BCUT2D eigenvalue weighted by Gasteiger charge is 2.59. The van der Waals surface area contributed by atoms with E-state index in [0.29, 0.717) is 19.4 Å². The Kier molecular flexibility index (Phi) is 5.77. The Balaban J connectivity index is 1.62. The standard InChI is InChI=1S/C24H32N2O3S/c1-15-26-22-17(11-21(29)25-13-16-7-5-4-6-8-16)23(2)10-9-20(28)24(3,14-27)19(23)12-18(22)30-15/h4-8,17,19-20,27-28H,9-14H2,1-3H3,(H,25,29). The zero-order valence-corrected chi connectivity index (χ0v) is 18.8. The van der Waals surface area contributed by atoms with E-state index >= 15 is 0 Å². The lowest BCUT2D eigenvalue weighted by Gasteiger charge is -2.58. The number of carbonyl (C=O) groups is 1. The second-order valence-electron chi connectivity index (χ2n) is 9.54. The van der Waals surface area contributed by atoms with Crippen molar-refractivity contribution in [1.29, 1.82) is 0 Å². The summed E-state index contributed by atoms with van der Waals surface area (Å²) in [6.07, 6.45) is 2.15. The number of aliphatic hydroxyl groups is 2. The number of fused-ring (bicyclic) bond motifs is 2. The fraction of sp³-hybridized carbons (Fsp3) is 0.583. The molecule has 3 N–H and O–H groups in total. The van der Waals surface area contributed by atoms with Crippen molar-refractivity contribution in [3.63, 3.8) is 0 Å². The SMILES string of the molecule is Cc1nc2c(s1)CC1C(C)(CO)C(O)CCC1(C)C2CC(=O)NCc1ccccc1. The van der Waals surface area contributed by atoms with Gasteiger partial charge >= 0.3 is 0 Å². The van der Waals surface area contributed by atoms with E-state index < -0.39 is 11.5 Å². The zero-order valence-electron chi connectivity index (χ0n) is 18.0. The number of aromatic nitrogens is 1. The first-order valence-corrected chi connectivity index (χ1v) is 11.7. The van der Waals surface area contributed by atoms with Crippen LogP contribution in [0.3, 0.4) is 0 Å². The van der Waals surface area contributed by atoms with Crippen molar-refractivity contribution >= 4 is 17.2 Å². The molecule has 0 bridgehead atoms. The molecule has 2 aromatic rings. The van der Waals surface area contributed by atoms with Crippen molar-refractivity contribution in [3.8, 4) is 0 Å². The number of hydrogen-bond acceptors (Lipinski definition) is 5. The van der Waals surface area contributed by atoms with E-state index in [9.17, 15) is 15.0 Å². The Morgan fingerprint density at radius 2 is 2.03 bits per heavy atom. The van der Waals surface area contributed by atoms with Crippen molar-refractivity contribution in [2.45, 2.75) is 65.0 Å². The fourth-order valence-corrected chi connectivity index (χ4v) is 6.86. The summed E-state index contributed by atoms with van der Waals surface area (Å²) in [4.78, 5) is 19.0. The predicted octanol–water partition coefficient (Wildman–Crippen LogP) is 3.57. The molecule has 2 aliphatic carbocycles. The summed E-state index contributed by atoms with van der Waals surface area (Å²) in [5.74, 6) is 0.127. The van der Waals surface area contributed by atoms with E-state index in [1.807, 2.05) is 44.2 Å². The number of aliphatic hydroxyl groups excluding tert-OH is 2. The van der Waals surface area contributed by atoms with Crippen LogP contribution in [-0.2, 0) is 17.8 Å². The highest BCUT2D eigenvalue weighted by molar-refractivity contribution is 7.11. The Hall–Kier alpha value is -1.76. The molecule has 1 amide bonds. The van der Waals surface area contributed by atoms with Gasteiger partial charge < -0.3 is 15.5 Å². The first kappa shape index (κ1) is 21.5. The molecule has 0 radical (unpaired) electrons. The Morgan fingerprint density at radius 3 is 2.73 bits per heavy atom. The molecule has 1 fully saturated rings. The normalized spacial score (nSPS) is 32.9. The van der Waals surface area contributed by atoms with Crippen LogP contribution in [0.15, 0.2) is 30.3 Å². The van der Waals surface area contributed by atoms with Crippen LogP contribution in [0.1, 0.15) is 60.2 Å². The molecule has 5 nitrogen and oxygen atoms in total. The van der Waals surface area contributed by atoms with Gasteiger partial charge in [-0.1, -0.05) is 44.2 Å². The van der Waals surface area contributed by atoms with E-state index in [1.54, 1.807) is 11.3 Å². The minimum atomic E-state index is -0.568. The lowest BCUT2D eigenvalue weighted by atomic mass is 9.47. The quantitative estimate of drug-likeness (QED) is 0.680. The topological polar surface area (TPSA) is 82.5 Å². The average molecular weight is 429 g/mol. The van der Waals surface area contributed by atoms with E-state index in [-0.39, 0.29) is 29.8 Å². The predicted molar refractivity (Wildman–Crippen MR) is 118 cm³/mol. The van der Waals surface area contributed by atoms with Crippen molar-refractivity contribution < 1.29 is 15.0 Å². The molecule has 1 aromatic heterocycles. The van der Waals surface area contributed by atoms with Gasteiger partial charge in [-0.15, -0.1) is 11.3 Å². The number of nitrogens with one attached hydrogen (secondary N) is 1. The summed E-state index contributed by atoms with van der Waals surface area (Å²) in [6, 6.07) is 9.93. The van der Waals surface area contributed by atoms with E-state index in [1.165, 1.54) is 4.88 Å². The number of carbonyl (C=O) groups excluding carboxylic acids is 1. The van der Waals surface area contributed by atoms with E-state index in [4.69, 9.17) is 4.98 Å². The first-order valence-electron chi connectivity index (χ1n) is 10.8. The number of hydrogen-bond donors (Lipinski definition) is 3. The van der Waals surface area contributed by atoms with Crippen molar-refractivity contribution in [3.05, 3.63) is 51.5 Å². The van der Waals surface area contributed by atoms with Gasteiger partial charge in [-0.25, -0.2) is 4.98 Å². The molecular weight excluding hydrogens is 396 g/mol.